The Bertz CT molecular complexity index is 1200. The number of ether oxygens (including phenoxy) is 1. The summed E-state index contributed by atoms with van der Waals surface area (Å²) >= 11 is 0. The fourth-order valence-electron chi connectivity index (χ4n) is 3.26. The molecule has 2 aromatic heterocycles. The maximum Gasteiger partial charge on any atom is 0.251 e. The predicted molar refractivity (Wildman–Crippen MR) is 113 cm³/mol. The van der Waals surface area contributed by atoms with Crippen molar-refractivity contribution in [2.24, 2.45) is 0 Å². The summed E-state index contributed by atoms with van der Waals surface area (Å²) in [5.74, 6) is -0.898. The molecule has 4 rings (SSSR count). The van der Waals surface area contributed by atoms with E-state index in [0.29, 0.717) is 29.9 Å². The van der Waals surface area contributed by atoms with E-state index in [1.807, 2.05) is 35.9 Å². The fraction of sp³-hybridized carbons (Fsp3) is 0.167. The van der Waals surface area contributed by atoms with Gasteiger partial charge in [-0.2, -0.15) is 0 Å². The number of halogens is 2. The van der Waals surface area contributed by atoms with Crippen molar-refractivity contribution in [3.8, 4) is 5.75 Å². The Hall–Kier alpha value is -3.74. The van der Waals surface area contributed by atoms with Crippen LogP contribution in [-0.2, 0) is 13.0 Å². The number of imidazole rings is 1. The Kier molecular flexibility index (Phi) is 5.93. The minimum absolute atomic E-state index is 0.265. The Balaban J connectivity index is 1.29. The minimum atomic E-state index is -0.629. The Morgan fingerprint density at radius 2 is 1.77 bits per heavy atom. The SMILES string of the molecule is Cc1ccc2nc(COc3ccc(C(=O)NCCc4cc(F)cc(F)c4)cc3)cn2c1. The number of hydrogen-bond donors (Lipinski definition) is 1. The number of benzene rings is 2. The summed E-state index contributed by atoms with van der Waals surface area (Å²) in [7, 11) is 0. The first-order chi connectivity index (χ1) is 15.0. The zero-order chi connectivity index (χ0) is 21.8. The van der Waals surface area contributed by atoms with E-state index >= 15 is 0 Å². The van der Waals surface area contributed by atoms with Gasteiger partial charge in [-0.3, -0.25) is 4.79 Å². The van der Waals surface area contributed by atoms with E-state index in [0.717, 1.165) is 23.0 Å². The third kappa shape index (κ3) is 5.25. The summed E-state index contributed by atoms with van der Waals surface area (Å²) in [6.45, 7) is 2.61. The van der Waals surface area contributed by atoms with Crippen LogP contribution in [0.25, 0.3) is 5.65 Å². The van der Waals surface area contributed by atoms with Crippen LogP contribution in [0.5, 0.6) is 5.75 Å². The van der Waals surface area contributed by atoms with Gasteiger partial charge in [0.2, 0.25) is 0 Å². The molecule has 0 fully saturated rings. The smallest absolute Gasteiger partial charge is 0.251 e. The average molecular weight is 421 g/mol. The first kappa shape index (κ1) is 20.5. The predicted octanol–water partition coefficient (Wildman–Crippen LogP) is 4.47. The fourth-order valence-corrected chi connectivity index (χ4v) is 3.26. The molecular formula is C24H21F2N3O2. The van der Waals surface area contributed by atoms with Crippen LogP contribution in [0.3, 0.4) is 0 Å². The highest BCUT2D eigenvalue weighted by Gasteiger charge is 2.07. The molecule has 158 valence electrons. The van der Waals surface area contributed by atoms with Crippen molar-refractivity contribution < 1.29 is 18.3 Å². The number of rotatable bonds is 7. The zero-order valence-electron chi connectivity index (χ0n) is 16.9. The second kappa shape index (κ2) is 8.95. The largest absolute Gasteiger partial charge is 0.487 e. The molecule has 0 aliphatic heterocycles. The van der Waals surface area contributed by atoms with Crippen molar-refractivity contribution in [2.75, 3.05) is 6.54 Å². The van der Waals surface area contributed by atoms with Crippen molar-refractivity contribution in [1.29, 1.82) is 0 Å². The van der Waals surface area contributed by atoms with Gasteiger partial charge in [0.1, 0.15) is 29.6 Å². The highest BCUT2D eigenvalue weighted by Crippen LogP contribution is 2.15. The molecule has 0 spiro atoms. The Labute approximate surface area is 178 Å². The topological polar surface area (TPSA) is 55.6 Å². The van der Waals surface area contributed by atoms with Gasteiger partial charge in [0, 0.05) is 30.6 Å². The van der Waals surface area contributed by atoms with Crippen molar-refractivity contribution in [3.63, 3.8) is 0 Å². The van der Waals surface area contributed by atoms with E-state index in [2.05, 4.69) is 10.3 Å². The van der Waals surface area contributed by atoms with Gasteiger partial charge in [-0.05, 0) is 66.9 Å². The van der Waals surface area contributed by atoms with E-state index in [4.69, 9.17) is 4.74 Å². The third-order valence-corrected chi connectivity index (χ3v) is 4.77. The first-order valence-electron chi connectivity index (χ1n) is 9.86. The van der Waals surface area contributed by atoms with Crippen LogP contribution >= 0.6 is 0 Å². The lowest BCUT2D eigenvalue weighted by atomic mass is 10.1. The van der Waals surface area contributed by atoms with Crippen molar-refractivity contribution in [1.82, 2.24) is 14.7 Å². The van der Waals surface area contributed by atoms with Gasteiger partial charge in [0.05, 0.1) is 5.69 Å². The number of fused-ring (bicyclic) bond motifs is 1. The number of nitrogens with one attached hydrogen (secondary N) is 1. The summed E-state index contributed by atoms with van der Waals surface area (Å²) in [4.78, 5) is 16.8. The molecule has 0 radical (unpaired) electrons. The van der Waals surface area contributed by atoms with Crippen molar-refractivity contribution in [2.45, 2.75) is 20.0 Å². The first-order valence-corrected chi connectivity index (χ1v) is 9.86. The number of carbonyl (C=O) groups excluding carboxylic acids is 1. The van der Waals surface area contributed by atoms with Crippen LogP contribution in [0.1, 0.15) is 27.2 Å². The molecule has 0 atom stereocenters. The van der Waals surface area contributed by atoms with Crippen LogP contribution in [0, 0.1) is 18.6 Å². The van der Waals surface area contributed by atoms with Crippen LogP contribution in [-0.4, -0.2) is 21.8 Å². The van der Waals surface area contributed by atoms with E-state index in [1.54, 1.807) is 24.3 Å². The van der Waals surface area contributed by atoms with Gasteiger partial charge < -0.3 is 14.5 Å². The van der Waals surface area contributed by atoms with Gasteiger partial charge in [-0.15, -0.1) is 0 Å². The molecule has 0 saturated carbocycles. The van der Waals surface area contributed by atoms with Crippen LogP contribution in [0.4, 0.5) is 8.78 Å². The molecule has 2 heterocycles. The molecule has 0 aliphatic rings. The van der Waals surface area contributed by atoms with E-state index in [-0.39, 0.29) is 12.5 Å². The van der Waals surface area contributed by atoms with E-state index in [9.17, 15) is 13.6 Å². The lowest BCUT2D eigenvalue weighted by molar-refractivity contribution is 0.0954. The molecule has 5 nitrogen and oxygen atoms in total. The lowest BCUT2D eigenvalue weighted by Crippen LogP contribution is -2.25. The number of amides is 1. The number of hydrogen-bond acceptors (Lipinski definition) is 3. The third-order valence-electron chi connectivity index (χ3n) is 4.77. The molecule has 7 heteroatoms. The van der Waals surface area contributed by atoms with Gasteiger partial charge in [0.25, 0.3) is 5.91 Å². The van der Waals surface area contributed by atoms with Gasteiger partial charge in [0.15, 0.2) is 0 Å². The number of nitrogens with zero attached hydrogens (tertiary/aromatic N) is 2. The molecule has 0 unspecified atom stereocenters. The highest BCUT2D eigenvalue weighted by molar-refractivity contribution is 5.94. The Morgan fingerprint density at radius 3 is 2.52 bits per heavy atom. The summed E-state index contributed by atoms with van der Waals surface area (Å²) in [6.07, 6.45) is 4.26. The quantitative estimate of drug-likeness (QED) is 0.479. The maximum absolute atomic E-state index is 13.2. The molecule has 0 bridgehead atoms. The Morgan fingerprint density at radius 1 is 1.03 bits per heavy atom. The molecule has 4 aromatic rings. The van der Waals surface area contributed by atoms with Gasteiger partial charge >= 0.3 is 0 Å². The standard InChI is InChI=1S/C24H21F2N3O2/c1-16-2-7-23-28-21(14-29(23)13-16)15-31-22-5-3-18(4-6-22)24(30)27-9-8-17-10-19(25)12-20(26)11-17/h2-7,10-14H,8-9,15H2,1H3,(H,27,30). The number of aromatic nitrogens is 2. The molecular weight excluding hydrogens is 400 g/mol. The summed E-state index contributed by atoms with van der Waals surface area (Å²) in [6, 6.07) is 14.1. The molecule has 2 aromatic carbocycles. The summed E-state index contributed by atoms with van der Waals surface area (Å²) < 4.78 is 34.2. The van der Waals surface area contributed by atoms with Crippen molar-refractivity contribution >= 4 is 11.6 Å². The zero-order valence-corrected chi connectivity index (χ0v) is 16.9. The van der Waals surface area contributed by atoms with Crippen LogP contribution < -0.4 is 10.1 Å². The minimum Gasteiger partial charge on any atom is -0.487 e. The van der Waals surface area contributed by atoms with Crippen molar-refractivity contribution in [3.05, 3.63) is 101 Å². The number of carbonyl (C=O) groups is 1. The van der Waals surface area contributed by atoms with Crippen LogP contribution in [0.15, 0.2) is 67.0 Å². The normalized spacial score (nSPS) is 10.9. The van der Waals surface area contributed by atoms with E-state index in [1.165, 1.54) is 12.1 Å². The summed E-state index contributed by atoms with van der Waals surface area (Å²) in [5.41, 5.74) is 3.78. The average Bonchev–Trinajstić information content (AvgIpc) is 3.14. The molecule has 1 N–H and O–H groups in total. The molecule has 0 aliphatic carbocycles. The highest BCUT2D eigenvalue weighted by atomic mass is 19.1. The van der Waals surface area contributed by atoms with Crippen LogP contribution in [0.2, 0.25) is 0 Å². The maximum atomic E-state index is 13.2. The second-order valence-electron chi connectivity index (χ2n) is 7.30. The van der Waals surface area contributed by atoms with Gasteiger partial charge in [-0.25, -0.2) is 13.8 Å². The number of aryl methyl sites for hydroxylation is 1. The second-order valence-corrected chi connectivity index (χ2v) is 7.30. The molecule has 0 saturated heterocycles. The lowest BCUT2D eigenvalue weighted by Gasteiger charge is -2.08. The monoisotopic (exact) mass is 421 g/mol. The number of pyridine rings is 1. The van der Waals surface area contributed by atoms with Gasteiger partial charge in [-0.1, -0.05) is 6.07 Å². The molecule has 1 amide bonds. The van der Waals surface area contributed by atoms with E-state index < -0.39 is 11.6 Å². The summed E-state index contributed by atoms with van der Waals surface area (Å²) in [5, 5.41) is 2.75. The molecule has 31 heavy (non-hydrogen) atoms.